The van der Waals surface area contributed by atoms with E-state index in [1.807, 2.05) is 0 Å². The Bertz CT molecular complexity index is 314. The number of halogens is 2. The highest BCUT2D eigenvalue weighted by atomic mass is 35.5. The summed E-state index contributed by atoms with van der Waals surface area (Å²) in [4.78, 5) is 9.84. The van der Waals surface area contributed by atoms with E-state index in [2.05, 4.69) is 0 Å². The lowest BCUT2D eigenvalue weighted by Gasteiger charge is -1.98. The van der Waals surface area contributed by atoms with Crippen LogP contribution in [-0.2, 0) is 5.88 Å². The van der Waals surface area contributed by atoms with Crippen LogP contribution in [0.4, 0.5) is 5.69 Å². The first kappa shape index (κ1) is 9.29. The van der Waals surface area contributed by atoms with Gasteiger partial charge in [0.25, 0.3) is 5.69 Å². The number of rotatable bonds is 2. The smallest absolute Gasteiger partial charge is 0.258 e. The van der Waals surface area contributed by atoms with Crippen LogP contribution in [0.15, 0.2) is 18.2 Å². The Morgan fingerprint density at radius 1 is 1.50 bits per heavy atom. The Morgan fingerprint density at radius 3 is 2.67 bits per heavy atom. The molecule has 0 saturated carbocycles. The molecular weight excluding hydrogens is 201 g/mol. The van der Waals surface area contributed by atoms with Crippen LogP contribution >= 0.6 is 23.2 Å². The molecule has 0 radical (unpaired) electrons. The third-order valence-corrected chi connectivity index (χ3v) is 2.12. The second-order valence-electron chi connectivity index (χ2n) is 2.14. The fourth-order valence-corrected chi connectivity index (χ4v) is 1.36. The van der Waals surface area contributed by atoms with Gasteiger partial charge in [-0.05, 0) is 5.56 Å². The first-order valence-corrected chi connectivity index (χ1v) is 4.06. The number of hydrogen-bond acceptors (Lipinski definition) is 2. The summed E-state index contributed by atoms with van der Waals surface area (Å²) in [5.41, 5.74) is 0.474. The van der Waals surface area contributed by atoms with Crippen LogP contribution in [0.3, 0.4) is 0 Å². The van der Waals surface area contributed by atoms with Crippen molar-refractivity contribution in [2.45, 2.75) is 5.88 Å². The average molecular weight is 206 g/mol. The van der Waals surface area contributed by atoms with Gasteiger partial charge in [-0.15, -0.1) is 11.6 Å². The van der Waals surface area contributed by atoms with E-state index in [9.17, 15) is 10.1 Å². The van der Waals surface area contributed by atoms with Gasteiger partial charge in [-0.3, -0.25) is 10.1 Å². The zero-order valence-corrected chi connectivity index (χ0v) is 7.47. The van der Waals surface area contributed by atoms with Crippen molar-refractivity contribution in [3.8, 4) is 0 Å². The van der Waals surface area contributed by atoms with E-state index >= 15 is 0 Å². The summed E-state index contributed by atoms with van der Waals surface area (Å²) in [5, 5.41) is 10.5. The predicted molar refractivity (Wildman–Crippen MR) is 47.7 cm³/mol. The van der Waals surface area contributed by atoms with E-state index in [0.717, 1.165) is 0 Å². The Kier molecular flexibility index (Phi) is 2.89. The number of nitro groups is 1. The maximum atomic E-state index is 10.4. The number of benzene rings is 1. The summed E-state index contributed by atoms with van der Waals surface area (Å²) in [6.45, 7) is 0. The summed E-state index contributed by atoms with van der Waals surface area (Å²) < 4.78 is 0. The van der Waals surface area contributed by atoms with Crippen molar-refractivity contribution in [1.82, 2.24) is 0 Å². The van der Waals surface area contributed by atoms with Crippen molar-refractivity contribution in [3.05, 3.63) is 38.9 Å². The van der Waals surface area contributed by atoms with Gasteiger partial charge in [-0.1, -0.05) is 23.7 Å². The summed E-state index contributed by atoms with van der Waals surface area (Å²) in [7, 11) is 0. The third-order valence-electron chi connectivity index (χ3n) is 1.40. The molecule has 1 aromatic carbocycles. The lowest BCUT2D eigenvalue weighted by Crippen LogP contribution is -1.91. The van der Waals surface area contributed by atoms with Crippen LogP contribution in [0, 0.1) is 10.1 Å². The van der Waals surface area contributed by atoms with Crippen molar-refractivity contribution < 1.29 is 4.92 Å². The molecule has 3 nitrogen and oxygen atoms in total. The molecule has 0 aliphatic rings. The minimum atomic E-state index is -0.529. The molecule has 5 heteroatoms. The average Bonchev–Trinajstić information content (AvgIpc) is 2.04. The first-order chi connectivity index (χ1) is 5.66. The van der Waals surface area contributed by atoms with E-state index in [4.69, 9.17) is 23.2 Å². The summed E-state index contributed by atoms with van der Waals surface area (Å²) in [6, 6.07) is 4.56. The van der Waals surface area contributed by atoms with Gasteiger partial charge in [0.15, 0.2) is 0 Å². The van der Waals surface area contributed by atoms with Crippen molar-refractivity contribution in [3.63, 3.8) is 0 Å². The standard InChI is InChI=1S/C7H5Cl2NO2/c8-4-5-2-1-3-6(7(5)9)10(11)12/h1-3H,4H2. The van der Waals surface area contributed by atoms with Crippen LogP contribution in [-0.4, -0.2) is 4.92 Å². The molecule has 12 heavy (non-hydrogen) atoms. The van der Waals surface area contributed by atoms with Gasteiger partial charge >= 0.3 is 0 Å². The highest BCUT2D eigenvalue weighted by Gasteiger charge is 2.13. The second kappa shape index (κ2) is 3.74. The van der Waals surface area contributed by atoms with Crippen LogP contribution < -0.4 is 0 Å². The molecule has 1 rings (SSSR count). The molecule has 0 heterocycles. The fraction of sp³-hybridized carbons (Fsp3) is 0.143. The first-order valence-electron chi connectivity index (χ1n) is 3.14. The lowest BCUT2D eigenvalue weighted by molar-refractivity contribution is -0.384. The minimum Gasteiger partial charge on any atom is -0.258 e. The highest BCUT2D eigenvalue weighted by Crippen LogP contribution is 2.28. The van der Waals surface area contributed by atoms with E-state index in [0.29, 0.717) is 5.56 Å². The van der Waals surface area contributed by atoms with Crippen LogP contribution in [0.25, 0.3) is 0 Å². The van der Waals surface area contributed by atoms with E-state index < -0.39 is 4.92 Å². The molecule has 0 unspecified atom stereocenters. The molecule has 0 bridgehead atoms. The maximum Gasteiger partial charge on any atom is 0.288 e. The molecule has 0 spiro atoms. The van der Waals surface area contributed by atoms with Gasteiger partial charge in [-0.25, -0.2) is 0 Å². The third kappa shape index (κ3) is 1.68. The van der Waals surface area contributed by atoms with Crippen molar-refractivity contribution in [1.29, 1.82) is 0 Å². The monoisotopic (exact) mass is 205 g/mol. The molecule has 0 fully saturated rings. The minimum absolute atomic E-state index is 0.102. The van der Waals surface area contributed by atoms with Crippen LogP contribution in [0.1, 0.15) is 5.56 Å². The van der Waals surface area contributed by atoms with Gasteiger partial charge in [0.2, 0.25) is 0 Å². The van der Waals surface area contributed by atoms with Crippen LogP contribution in [0.5, 0.6) is 0 Å². The normalized spacial score (nSPS) is 9.83. The zero-order chi connectivity index (χ0) is 9.14. The van der Waals surface area contributed by atoms with Crippen molar-refractivity contribution in [2.24, 2.45) is 0 Å². The Hall–Kier alpha value is -0.800. The number of nitro benzene ring substituents is 1. The maximum absolute atomic E-state index is 10.4. The van der Waals surface area contributed by atoms with E-state index in [-0.39, 0.29) is 16.6 Å². The molecule has 0 aromatic heterocycles. The van der Waals surface area contributed by atoms with Gasteiger partial charge in [0.05, 0.1) is 4.92 Å². The molecule has 1 aromatic rings. The number of nitrogens with zero attached hydrogens (tertiary/aromatic N) is 1. The largest absolute Gasteiger partial charge is 0.288 e. The number of alkyl halides is 1. The predicted octanol–water partition coefficient (Wildman–Crippen LogP) is 2.99. The van der Waals surface area contributed by atoms with Crippen molar-refractivity contribution in [2.75, 3.05) is 0 Å². The summed E-state index contributed by atoms with van der Waals surface area (Å²) in [5.74, 6) is 0.181. The highest BCUT2D eigenvalue weighted by molar-refractivity contribution is 6.34. The van der Waals surface area contributed by atoms with Gasteiger partial charge in [0, 0.05) is 11.9 Å². The zero-order valence-electron chi connectivity index (χ0n) is 5.96. The summed E-state index contributed by atoms with van der Waals surface area (Å²) >= 11 is 11.2. The lowest BCUT2D eigenvalue weighted by atomic mass is 10.2. The topological polar surface area (TPSA) is 43.1 Å². The Labute approximate surface area is 79.1 Å². The molecule has 0 amide bonds. The fourth-order valence-electron chi connectivity index (χ4n) is 0.810. The SMILES string of the molecule is O=[N+]([O-])c1cccc(CCl)c1Cl. The van der Waals surface area contributed by atoms with E-state index in [1.165, 1.54) is 6.07 Å². The Balaban J connectivity index is 3.23. The van der Waals surface area contributed by atoms with E-state index in [1.54, 1.807) is 12.1 Å². The van der Waals surface area contributed by atoms with Gasteiger partial charge < -0.3 is 0 Å². The molecule has 0 aliphatic carbocycles. The molecule has 0 saturated heterocycles. The quantitative estimate of drug-likeness (QED) is 0.424. The van der Waals surface area contributed by atoms with Crippen LogP contribution in [0.2, 0.25) is 5.02 Å². The number of hydrogen-bond donors (Lipinski definition) is 0. The second-order valence-corrected chi connectivity index (χ2v) is 2.79. The van der Waals surface area contributed by atoms with Gasteiger partial charge in [-0.2, -0.15) is 0 Å². The van der Waals surface area contributed by atoms with Gasteiger partial charge in [0.1, 0.15) is 5.02 Å². The summed E-state index contributed by atoms with van der Waals surface area (Å²) in [6.07, 6.45) is 0. The Morgan fingerprint density at radius 2 is 2.17 bits per heavy atom. The molecule has 0 atom stereocenters. The van der Waals surface area contributed by atoms with Crippen molar-refractivity contribution >= 4 is 28.9 Å². The molecule has 64 valence electrons. The molecular formula is C7H5Cl2NO2. The molecule has 0 N–H and O–H groups in total. The molecule has 0 aliphatic heterocycles.